The summed E-state index contributed by atoms with van der Waals surface area (Å²) < 4.78 is 9.34. The van der Waals surface area contributed by atoms with E-state index in [9.17, 15) is 19.2 Å². The fourth-order valence-electron chi connectivity index (χ4n) is 4.67. The van der Waals surface area contributed by atoms with E-state index in [0.29, 0.717) is 17.5 Å². The van der Waals surface area contributed by atoms with Crippen LogP contribution in [0.3, 0.4) is 0 Å². The largest absolute Gasteiger partial charge is 0.469 e. The maximum Gasteiger partial charge on any atom is 0.305 e. The fraction of sp³-hybridized carbons (Fsp3) is 0.308. The van der Waals surface area contributed by atoms with Gasteiger partial charge in [0.15, 0.2) is 11.6 Å². The molecule has 0 fully saturated rings. The van der Waals surface area contributed by atoms with Crippen LogP contribution in [0.4, 0.5) is 0 Å². The molecule has 0 aliphatic heterocycles. The lowest BCUT2D eigenvalue weighted by molar-refractivity contribution is -0.141. The number of carbonyl (C=O) groups is 4. The zero-order valence-corrected chi connectivity index (χ0v) is 18.2. The maximum absolute atomic E-state index is 13.2. The summed E-state index contributed by atoms with van der Waals surface area (Å²) in [4.78, 5) is 49.2. The van der Waals surface area contributed by atoms with Crippen LogP contribution in [-0.2, 0) is 31.9 Å². The van der Waals surface area contributed by atoms with Gasteiger partial charge in [-0.1, -0.05) is 36.4 Å². The SMILES string of the molecule is COC(=O)CCC(=O)c1ccc2c(C(=O)CCC(=O)OC)c3ccccc3c3c2c1CC3. The van der Waals surface area contributed by atoms with Crippen molar-refractivity contribution in [3.05, 3.63) is 58.7 Å². The number of ether oxygens (including phenoxy) is 2. The normalized spacial score (nSPS) is 12.2. The van der Waals surface area contributed by atoms with Crippen LogP contribution in [-0.4, -0.2) is 37.7 Å². The summed E-state index contributed by atoms with van der Waals surface area (Å²) in [5, 5.41) is 3.63. The molecule has 1 aliphatic rings. The first-order valence-corrected chi connectivity index (χ1v) is 10.7. The van der Waals surface area contributed by atoms with E-state index in [0.717, 1.165) is 39.1 Å². The first kappa shape index (κ1) is 21.7. The molecule has 0 unspecified atom stereocenters. The van der Waals surface area contributed by atoms with Crippen LogP contribution in [0.5, 0.6) is 0 Å². The molecule has 0 aromatic heterocycles. The van der Waals surface area contributed by atoms with Gasteiger partial charge in [-0.2, -0.15) is 0 Å². The predicted molar refractivity (Wildman–Crippen MR) is 120 cm³/mol. The van der Waals surface area contributed by atoms with Gasteiger partial charge in [-0.05, 0) is 45.5 Å². The van der Waals surface area contributed by atoms with Crippen molar-refractivity contribution in [2.75, 3.05) is 14.2 Å². The van der Waals surface area contributed by atoms with Gasteiger partial charge >= 0.3 is 11.9 Å². The van der Waals surface area contributed by atoms with Crippen molar-refractivity contribution >= 4 is 45.0 Å². The molecule has 4 rings (SSSR count). The summed E-state index contributed by atoms with van der Waals surface area (Å²) in [6, 6.07) is 11.4. The average molecular weight is 432 g/mol. The Balaban J connectivity index is 1.85. The fourth-order valence-corrected chi connectivity index (χ4v) is 4.67. The Labute approximate surface area is 185 Å². The summed E-state index contributed by atoms with van der Waals surface area (Å²) in [5.74, 6) is -1.07. The summed E-state index contributed by atoms with van der Waals surface area (Å²) in [6.45, 7) is 0. The lowest BCUT2D eigenvalue weighted by Gasteiger charge is -2.15. The van der Waals surface area contributed by atoms with Crippen molar-refractivity contribution in [2.24, 2.45) is 0 Å². The van der Waals surface area contributed by atoms with Crippen molar-refractivity contribution < 1.29 is 28.7 Å². The molecule has 6 heteroatoms. The highest BCUT2D eigenvalue weighted by molar-refractivity contribution is 6.22. The van der Waals surface area contributed by atoms with Gasteiger partial charge in [0, 0.05) is 24.0 Å². The third-order valence-electron chi connectivity index (χ3n) is 6.18. The molecule has 6 nitrogen and oxygen atoms in total. The quantitative estimate of drug-likeness (QED) is 0.299. The number of rotatable bonds is 8. The third kappa shape index (κ3) is 3.77. The Hall–Kier alpha value is -3.54. The molecule has 164 valence electrons. The van der Waals surface area contributed by atoms with Crippen LogP contribution in [0.1, 0.15) is 57.5 Å². The number of carbonyl (C=O) groups excluding carboxylic acids is 4. The highest BCUT2D eigenvalue weighted by Gasteiger charge is 2.27. The Morgan fingerprint density at radius 3 is 1.94 bits per heavy atom. The number of hydrogen-bond donors (Lipinski definition) is 0. The maximum atomic E-state index is 13.2. The topological polar surface area (TPSA) is 86.7 Å². The van der Waals surface area contributed by atoms with Crippen molar-refractivity contribution in [1.82, 2.24) is 0 Å². The monoisotopic (exact) mass is 432 g/mol. The first-order valence-electron chi connectivity index (χ1n) is 10.7. The minimum absolute atomic E-state index is 0.0177. The van der Waals surface area contributed by atoms with E-state index in [1.165, 1.54) is 14.2 Å². The average Bonchev–Trinajstić information content (AvgIpc) is 3.27. The summed E-state index contributed by atoms with van der Waals surface area (Å²) in [7, 11) is 2.61. The van der Waals surface area contributed by atoms with Crippen LogP contribution in [0.25, 0.3) is 21.5 Å². The molecular weight excluding hydrogens is 408 g/mol. The molecule has 0 N–H and O–H groups in total. The van der Waals surface area contributed by atoms with Gasteiger partial charge in [-0.15, -0.1) is 0 Å². The number of methoxy groups -OCH3 is 2. The van der Waals surface area contributed by atoms with Gasteiger partial charge in [-0.3, -0.25) is 19.2 Å². The molecule has 3 aromatic rings. The van der Waals surface area contributed by atoms with Gasteiger partial charge in [0.25, 0.3) is 0 Å². The van der Waals surface area contributed by atoms with Crippen molar-refractivity contribution in [3.63, 3.8) is 0 Å². The second-order valence-corrected chi connectivity index (χ2v) is 7.91. The van der Waals surface area contributed by atoms with Gasteiger partial charge in [0.1, 0.15) is 0 Å². The highest BCUT2D eigenvalue weighted by atomic mass is 16.5. The number of esters is 2. The third-order valence-corrected chi connectivity index (χ3v) is 6.18. The summed E-state index contributed by atoms with van der Waals surface area (Å²) in [5.41, 5.74) is 3.25. The van der Waals surface area contributed by atoms with E-state index >= 15 is 0 Å². The Morgan fingerprint density at radius 2 is 1.28 bits per heavy atom. The number of aryl methyl sites for hydroxylation is 2. The van der Waals surface area contributed by atoms with Crippen LogP contribution in [0, 0.1) is 0 Å². The number of hydrogen-bond acceptors (Lipinski definition) is 6. The van der Waals surface area contributed by atoms with Crippen molar-refractivity contribution in [1.29, 1.82) is 0 Å². The number of fused-ring (bicyclic) bond motifs is 2. The van der Waals surface area contributed by atoms with Crippen LogP contribution in [0.15, 0.2) is 36.4 Å². The minimum Gasteiger partial charge on any atom is -0.469 e. The van der Waals surface area contributed by atoms with Gasteiger partial charge in [-0.25, -0.2) is 0 Å². The minimum atomic E-state index is -0.424. The molecule has 32 heavy (non-hydrogen) atoms. The second-order valence-electron chi connectivity index (χ2n) is 7.91. The molecule has 0 atom stereocenters. The highest BCUT2D eigenvalue weighted by Crippen LogP contribution is 2.41. The molecule has 1 aliphatic carbocycles. The Bertz CT molecular complexity index is 1270. The molecule has 0 radical (unpaired) electrons. The van der Waals surface area contributed by atoms with Crippen molar-refractivity contribution in [3.8, 4) is 0 Å². The lowest BCUT2D eigenvalue weighted by atomic mass is 9.87. The van der Waals surface area contributed by atoms with E-state index in [-0.39, 0.29) is 37.2 Å². The predicted octanol–water partition coefficient (Wildman–Crippen LogP) is 4.36. The van der Waals surface area contributed by atoms with Gasteiger partial charge in [0.05, 0.1) is 27.1 Å². The number of Topliss-reactive ketones (excluding diaryl/α,β-unsaturated/α-hetero) is 2. The number of ketones is 2. The summed E-state index contributed by atoms with van der Waals surface area (Å²) in [6.07, 6.45) is 1.68. The standard InChI is InChI=1S/C26H24O6/c1-31-23(29)13-11-21(27)16-7-10-20-25-18(8-9-19(16)25)15-5-3-4-6-17(15)26(20)22(28)12-14-24(30)32-2/h3-7,10H,8-9,11-14H2,1-2H3. The second kappa shape index (κ2) is 8.91. The van der Waals surface area contributed by atoms with Crippen molar-refractivity contribution in [2.45, 2.75) is 38.5 Å². The molecule has 0 spiro atoms. The molecule has 0 heterocycles. The number of benzene rings is 3. The Morgan fingerprint density at radius 1 is 0.688 bits per heavy atom. The van der Waals surface area contributed by atoms with E-state index in [4.69, 9.17) is 0 Å². The smallest absolute Gasteiger partial charge is 0.305 e. The molecular formula is C26H24O6. The zero-order chi connectivity index (χ0) is 22.8. The lowest BCUT2D eigenvalue weighted by Crippen LogP contribution is -2.09. The van der Waals surface area contributed by atoms with E-state index < -0.39 is 11.9 Å². The van der Waals surface area contributed by atoms with E-state index in [1.807, 2.05) is 30.3 Å². The Kier molecular flexibility index (Phi) is 6.04. The zero-order valence-electron chi connectivity index (χ0n) is 18.2. The first-order chi connectivity index (χ1) is 15.5. The van der Waals surface area contributed by atoms with Crippen LogP contribution >= 0.6 is 0 Å². The van der Waals surface area contributed by atoms with Crippen LogP contribution < -0.4 is 0 Å². The molecule has 0 saturated carbocycles. The van der Waals surface area contributed by atoms with Crippen LogP contribution in [0.2, 0.25) is 0 Å². The molecule has 0 amide bonds. The summed E-state index contributed by atoms with van der Waals surface area (Å²) >= 11 is 0. The van der Waals surface area contributed by atoms with E-state index in [2.05, 4.69) is 9.47 Å². The molecule has 0 saturated heterocycles. The van der Waals surface area contributed by atoms with E-state index in [1.54, 1.807) is 6.07 Å². The van der Waals surface area contributed by atoms with Gasteiger partial charge in [0.2, 0.25) is 0 Å². The molecule has 0 bridgehead atoms. The van der Waals surface area contributed by atoms with Gasteiger partial charge < -0.3 is 9.47 Å². The molecule has 3 aromatic carbocycles.